The Labute approximate surface area is 231 Å². The highest BCUT2D eigenvalue weighted by Crippen LogP contribution is 2.39. The monoisotopic (exact) mass is 539 g/mol. The first-order chi connectivity index (χ1) is 18.9. The van der Waals surface area contributed by atoms with Crippen LogP contribution >= 0.6 is 11.6 Å². The van der Waals surface area contributed by atoms with Crippen molar-refractivity contribution in [2.24, 2.45) is 0 Å². The number of urea groups is 1. The van der Waals surface area contributed by atoms with Crippen LogP contribution in [0.2, 0.25) is 5.02 Å². The third-order valence-electron chi connectivity index (χ3n) is 7.17. The van der Waals surface area contributed by atoms with Gasteiger partial charge in [0.15, 0.2) is 0 Å². The Bertz CT molecular complexity index is 1660. The number of fused-ring (bicyclic) bond motifs is 3. The first-order valence-corrected chi connectivity index (χ1v) is 13.3. The quantitative estimate of drug-likeness (QED) is 0.258. The highest BCUT2D eigenvalue weighted by atomic mass is 35.5. The van der Waals surface area contributed by atoms with Gasteiger partial charge in [0.25, 0.3) is 0 Å². The molecular weight excluding hydrogens is 513 g/mol. The smallest absolute Gasteiger partial charge is 0.308 e. The molecule has 2 amide bonds. The zero-order valence-electron chi connectivity index (χ0n) is 21.6. The lowest BCUT2D eigenvalue weighted by Gasteiger charge is -2.31. The van der Waals surface area contributed by atoms with Gasteiger partial charge in [-0.1, -0.05) is 54.9 Å². The Morgan fingerprint density at radius 3 is 2.54 bits per heavy atom. The summed E-state index contributed by atoms with van der Waals surface area (Å²) in [6, 6.07) is 25.0. The van der Waals surface area contributed by atoms with Crippen LogP contribution in [-0.2, 0) is 13.0 Å². The number of hydrogen-bond acceptors (Lipinski definition) is 2. The van der Waals surface area contributed by atoms with E-state index in [0.29, 0.717) is 23.7 Å². The maximum Gasteiger partial charge on any atom is 0.322 e. The molecular formula is C31H27ClFN5O. The van der Waals surface area contributed by atoms with E-state index in [1.807, 2.05) is 72.4 Å². The standard InChI is InChI=1S/C31H27ClFN5O/c1-3-27-25-19-37(31(39)34-23-16-11-20(2)26(32)18-23)29(21-12-14-22(33)15-13-21)28-10-7-17-36(28)30(25)38(35-27)24-8-5-4-6-9-24/h4-18,29H,3,19H2,1-2H3,(H,34,39). The second kappa shape index (κ2) is 10.1. The molecule has 0 saturated heterocycles. The molecule has 1 aliphatic heterocycles. The SMILES string of the molecule is CCc1nn(-c2ccccc2)c2c1CN(C(=O)Nc1ccc(C)c(Cl)c1)C(c1ccc(F)cc1)c1cccn1-2. The number of nitrogens with one attached hydrogen (secondary N) is 1. The first kappa shape index (κ1) is 24.9. The molecule has 196 valence electrons. The van der Waals surface area contributed by atoms with Crippen molar-refractivity contribution < 1.29 is 9.18 Å². The molecule has 0 aliphatic carbocycles. The zero-order valence-corrected chi connectivity index (χ0v) is 22.4. The minimum absolute atomic E-state index is 0.292. The lowest BCUT2D eigenvalue weighted by Crippen LogP contribution is -2.38. The summed E-state index contributed by atoms with van der Waals surface area (Å²) in [6.45, 7) is 4.29. The van der Waals surface area contributed by atoms with E-state index in [9.17, 15) is 9.18 Å². The van der Waals surface area contributed by atoms with E-state index in [2.05, 4.69) is 16.8 Å². The van der Waals surface area contributed by atoms with Crippen LogP contribution in [0.3, 0.4) is 0 Å². The number of hydrogen-bond donors (Lipinski definition) is 1. The van der Waals surface area contributed by atoms with Crippen LogP contribution in [0.4, 0.5) is 14.9 Å². The summed E-state index contributed by atoms with van der Waals surface area (Å²) < 4.78 is 18.0. The van der Waals surface area contributed by atoms with Crippen molar-refractivity contribution in [2.45, 2.75) is 32.9 Å². The highest BCUT2D eigenvalue weighted by Gasteiger charge is 2.36. The van der Waals surface area contributed by atoms with Crippen molar-refractivity contribution >= 4 is 23.3 Å². The van der Waals surface area contributed by atoms with E-state index in [1.165, 1.54) is 12.1 Å². The number of amides is 2. The summed E-state index contributed by atoms with van der Waals surface area (Å²) >= 11 is 6.35. The normalized spacial score (nSPS) is 14.5. The third kappa shape index (κ3) is 4.49. The van der Waals surface area contributed by atoms with E-state index in [0.717, 1.165) is 39.6 Å². The molecule has 1 aliphatic rings. The Hall–Kier alpha value is -4.36. The molecule has 0 fully saturated rings. The van der Waals surface area contributed by atoms with Crippen molar-refractivity contribution in [3.05, 3.63) is 130 Å². The number of anilines is 1. The van der Waals surface area contributed by atoms with Crippen LogP contribution in [-0.4, -0.2) is 25.3 Å². The number of carbonyl (C=O) groups is 1. The van der Waals surface area contributed by atoms with Gasteiger partial charge in [0.1, 0.15) is 11.6 Å². The summed E-state index contributed by atoms with van der Waals surface area (Å²) in [5, 5.41) is 8.60. The van der Waals surface area contributed by atoms with Gasteiger partial charge in [-0.25, -0.2) is 13.9 Å². The topological polar surface area (TPSA) is 55.1 Å². The molecule has 3 aromatic carbocycles. The molecule has 39 heavy (non-hydrogen) atoms. The molecule has 1 atom stereocenters. The van der Waals surface area contributed by atoms with Crippen LogP contribution < -0.4 is 5.32 Å². The number of rotatable bonds is 4. The highest BCUT2D eigenvalue weighted by molar-refractivity contribution is 6.31. The largest absolute Gasteiger partial charge is 0.322 e. The number of aromatic nitrogens is 3. The Morgan fingerprint density at radius 1 is 1.05 bits per heavy atom. The van der Waals surface area contributed by atoms with Crippen LogP contribution in [0.25, 0.3) is 11.5 Å². The summed E-state index contributed by atoms with van der Waals surface area (Å²) in [5.74, 6) is 0.558. The Kier molecular flexibility index (Phi) is 6.45. The minimum atomic E-state index is -0.483. The van der Waals surface area contributed by atoms with Crippen molar-refractivity contribution in [2.75, 3.05) is 5.32 Å². The van der Waals surface area contributed by atoms with Gasteiger partial charge in [-0.15, -0.1) is 0 Å². The number of para-hydroxylation sites is 1. The molecule has 5 aromatic rings. The molecule has 2 aromatic heterocycles. The molecule has 0 radical (unpaired) electrons. The number of carbonyl (C=O) groups excluding carboxylic acids is 1. The van der Waals surface area contributed by atoms with Gasteiger partial charge in [-0.05, 0) is 73.0 Å². The van der Waals surface area contributed by atoms with E-state index in [-0.39, 0.29) is 11.8 Å². The maximum absolute atomic E-state index is 14.0. The zero-order chi connectivity index (χ0) is 27.1. The second-order valence-corrected chi connectivity index (χ2v) is 10.0. The van der Waals surface area contributed by atoms with Crippen molar-refractivity contribution in [1.82, 2.24) is 19.2 Å². The van der Waals surface area contributed by atoms with Gasteiger partial charge < -0.3 is 14.8 Å². The van der Waals surface area contributed by atoms with Crippen molar-refractivity contribution in [1.29, 1.82) is 0 Å². The van der Waals surface area contributed by atoms with Gasteiger partial charge in [-0.3, -0.25) is 0 Å². The molecule has 6 rings (SSSR count). The first-order valence-electron chi connectivity index (χ1n) is 12.9. The fourth-order valence-electron chi connectivity index (χ4n) is 5.21. The predicted molar refractivity (Wildman–Crippen MR) is 151 cm³/mol. The van der Waals surface area contributed by atoms with E-state index in [4.69, 9.17) is 16.7 Å². The summed E-state index contributed by atoms with van der Waals surface area (Å²) in [4.78, 5) is 15.8. The molecule has 6 nitrogen and oxygen atoms in total. The predicted octanol–water partition coefficient (Wildman–Crippen LogP) is 7.46. The molecule has 0 saturated carbocycles. The van der Waals surface area contributed by atoms with E-state index in [1.54, 1.807) is 23.1 Å². The van der Waals surface area contributed by atoms with Gasteiger partial charge in [0.2, 0.25) is 0 Å². The van der Waals surface area contributed by atoms with Crippen LogP contribution in [0.15, 0.2) is 91.1 Å². The van der Waals surface area contributed by atoms with Gasteiger partial charge in [-0.2, -0.15) is 5.10 Å². The fraction of sp³-hybridized carbons (Fsp3) is 0.161. The van der Waals surface area contributed by atoms with Gasteiger partial charge >= 0.3 is 6.03 Å². The van der Waals surface area contributed by atoms with Crippen LogP contribution in [0, 0.1) is 12.7 Å². The van der Waals surface area contributed by atoms with Crippen LogP contribution in [0.1, 0.15) is 41.0 Å². The molecule has 0 spiro atoms. The summed E-state index contributed by atoms with van der Waals surface area (Å²) in [6.07, 6.45) is 2.69. The minimum Gasteiger partial charge on any atom is -0.308 e. The molecule has 3 heterocycles. The lowest BCUT2D eigenvalue weighted by atomic mass is 10.0. The van der Waals surface area contributed by atoms with Crippen molar-refractivity contribution in [3.8, 4) is 11.5 Å². The van der Waals surface area contributed by atoms with Crippen LogP contribution in [0.5, 0.6) is 0 Å². The molecule has 1 N–H and O–H groups in total. The van der Waals surface area contributed by atoms with E-state index < -0.39 is 6.04 Å². The maximum atomic E-state index is 14.0. The molecule has 8 heteroatoms. The van der Waals surface area contributed by atoms with Gasteiger partial charge in [0.05, 0.1) is 29.7 Å². The fourth-order valence-corrected chi connectivity index (χ4v) is 5.39. The summed E-state index contributed by atoms with van der Waals surface area (Å²) in [5.41, 5.74) is 6.00. The van der Waals surface area contributed by atoms with Crippen molar-refractivity contribution in [3.63, 3.8) is 0 Å². The number of aryl methyl sites for hydroxylation is 2. The third-order valence-corrected chi connectivity index (χ3v) is 7.58. The Balaban J connectivity index is 1.54. The lowest BCUT2D eigenvalue weighted by molar-refractivity contribution is 0.194. The average Bonchev–Trinajstić information content (AvgIpc) is 3.53. The molecule has 1 unspecified atom stereocenters. The molecule has 0 bridgehead atoms. The number of halogens is 2. The average molecular weight is 540 g/mol. The summed E-state index contributed by atoms with van der Waals surface area (Å²) in [7, 11) is 0. The van der Waals surface area contributed by atoms with E-state index >= 15 is 0 Å². The number of nitrogens with zero attached hydrogens (tertiary/aromatic N) is 4. The second-order valence-electron chi connectivity index (χ2n) is 9.63. The number of benzene rings is 3. The van der Waals surface area contributed by atoms with Gasteiger partial charge in [0, 0.05) is 22.5 Å². The Morgan fingerprint density at radius 2 is 1.82 bits per heavy atom.